The van der Waals surface area contributed by atoms with Crippen LogP contribution in [0, 0.1) is 5.82 Å². The average Bonchev–Trinajstić information content (AvgIpc) is 2.65. The zero-order valence-corrected chi connectivity index (χ0v) is 16.6. The molecule has 2 heterocycles. The number of fused-ring (bicyclic) bond motifs is 1. The van der Waals surface area contributed by atoms with E-state index in [2.05, 4.69) is 6.08 Å². The molecule has 0 unspecified atom stereocenters. The number of aliphatic carboxylic acids is 1. The number of nitrogens with zero attached hydrogens (tertiary/aromatic N) is 1. The molecule has 4 rings (SSSR count). The van der Waals surface area contributed by atoms with Crippen LogP contribution in [0.2, 0.25) is 5.02 Å². The Bertz CT molecular complexity index is 909. The highest BCUT2D eigenvalue weighted by atomic mass is 35.5. The summed E-state index contributed by atoms with van der Waals surface area (Å²) in [5, 5.41) is 9.04. The molecule has 1 saturated heterocycles. The summed E-state index contributed by atoms with van der Waals surface area (Å²) in [7, 11) is 0. The van der Waals surface area contributed by atoms with Crippen molar-refractivity contribution in [2.75, 3.05) is 19.6 Å². The number of piperidine rings is 1. The minimum absolute atomic E-state index is 0. The van der Waals surface area contributed by atoms with Gasteiger partial charge in [0, 0.05) is 37.6 Å². The number of hydrogen-bond acceptors (Lipinski definition) is 3. The molecule has 2 aromatic carbocycles. The minimum atomic E-state index is -0.830. The van der Waals surface area contributed by atoms with E-state index in [4.69, 9.17) is 21.4 Å². The van der Waals surface area contributed by atoms with Crippen LogP contribution >= 0.6 is 24.0 Å². The lowest BCUT2D eigenvalue weighted by Crippen LogP contribution is -2.49. The first-order valence-electron chi connectivity index (χ1n) is 8.87. The third kappa shape index (κ3) is 4.02. The van der Waals surface area contributed by atoms with Crippen LogP contribution in [-0.2, 0) is 4.79 Å². The Morgan fingerprint density at radius 1 is 1.21 bits per heavy atom. The van der Waals surface area contributed by atoms with Crippen LogP contribution in [0.3, 0.4) is 0 Å². The Kier molecular flexibility index (Phi) is 5.98. The van der Waals surface area contributed by atoms with Crippen molar-refractivity contribution >= 4 is 35.6 Å². The van der Waals surface area contributed by atoms with Crippen LogP contribution in [0.4, 0.5) is 4.39 Å². The fourth-order valence-electron chi connectivity index (χ4n) is 3.80. The van der Waals surface area contributed by atoms with E-state index in [1.165, 1.54) is 12.1 Å². The summed E-state index contributed by atoms with van der Waals surface area (Å²) in [5.74, 6) is -0.744. The smallest absolute Gasteiger partial charge is 0.317 e. The number of carboxylic acid groups (broad SMARTS) is 1. The van der Waals surface area contributed by atoms with Crippen LogP contribution in [0.25, 0.3) is 5.57 Å². The monoisotopic (exact) mass is 423 g/mol. The molecule has 0 atom stereocenters. The topological polar surface area (TPSA) is 49.8 Å². The maximum Gasteiger partial charge on any atom is 0.317 e. The fourth-order valence-corrected chi connectivity index (χ4v) is 3.95. The van der Waals surface area contributed by atoms with Crippen LogP contribution in [0.5, 0.6) is 5.75 Å². The largest absolute Gasteiger partial charge is 0.482 e. The van der Waals surface area contributed by atoms with Gasteiger partial charge in [0.05, 0.1) is 11.6 Å². The molecule has 4 nitrogen and oxygen atoms in total. The molecule has 1 fully saturated rings. The predicted octanol–water partition coefficient (Wildman–Crippen LogP) is 4.64. The number of likely N-dealkylation sites (tertiary alicyclic amines) is 1. The number of hydrogen-bond donors (Lipinski definition) is 1. The number of ether oxygens (including phenoxy) is 1. The van der Waals surface area contributed by atoms with Crippen molar-refractivity contribution in [1.29, 1.82) is 0 Å². The molecular formula is C21H20Cl2FNO3. The minimum Gasteiger partial charge on any atom is -0.482 e. The Morgan fingerprint density at radius 2 is 1.89 bits per heavy atom. The third-order valence-corrected chi connectivity index (χ3v) is 5.47. The van der Waals surface area contributed by atoms with Gasteiger partial charge in [-0.3, -0.25) is 9.69 Å². The first kappa shape index (κ1) is 20.6. The van der Waals surface area contributed by atoms with Crippen LogP contribution < -0.4 is 4.74 Å². The van der Waals surface area contributed by atoms with E-state index in [0.717, 1.165) is 11.1 Å². The molecule has 0 radical (unpaired) electrons. The van der Waals surface area contributed by atoms with Gasteiger partial charge in [-0.2, -0.15) is 0 Å². The van der Waals surface area contributed by atoms with E-state index < -0.39 is 17.4 Å². The van der Waals surface area contributed by atoms with E-state index in [0.29, 0.717) is 37.2 Å². The van der Waals surface area contributed by atoms with E-state index in [1.807, 2.05) is 35.2 Å². The van der Waals surface area contributed by atoms with E-state index >= 15 is 0 Å². The van der Waals surface area contributed by atoms with Gasteiger partial charge in [0.2, 0.25) is 0 Å². The second kappa shape index (κ2) is 8.11. The molecule has 2 aliphatic heterocycles. The average molecular weight is 424 g/mol. The highest BCUT2D eigenvalue weighted by Crippen LogP contribution is 2.44. The number of rotatable bonds is 3. The second-order valence-electron chi connectivity index (χ2n) is 7.02. The highest BCUT2D eigenvalue weighted by Gasteiger charge is 2.39. The Hall–Kier alpha value is -2.08. The van der Waals surface area contributed by atoms with Crippen molar-refractivity contribution in [3.05, 3.63) is 70.5 Å². The molecule has 148 valence electrons. The van der Waals surface area contributed by atoms with Crippen molar-refractivity contribution in [2.45, 2.75) is 18.4 Å². The maximum atomic E-state index is 14.1. The standard InChI is InChI=1S/C21H19ClFNO3.ClH/c22-17-11-19-15(10-18(17)23)16(14-4-2-1-3-5-14)12-21(27-19)6-8-24(9-7-21)13-20(25)26;/h1-5,10-12H,6-9,13H2,(H,25,26);1H. The third-order valence-electron chi connectivity index (χ3n) is 5.18. The number of carboxylic acids is 1. The van der Waals surface area contributed by atoms with Crippen molar-refractivity contribution < 1.29 is 19.0 Å². The first-order chi connectivity index (χ1) is 13.0. The van der Waals surface area contributed by atoms with Gasteiger partial charge in [-0.25, -0.2) is 4.39 Å². The van der Waals surface area contributed by atoms with Crippen LogP contribution in [-0.4, -0.2) is 41.2 Å². The van der Waals surface area contributed by atoms with Gasteiger partial charge in [-0.1, -0.05) is 41.9 Å². The van der Waals surface area contributed by atoms with Gasteiger partial charge in [0.1, 0.15) is 17.2 Å². The maximum absolute atomic E-state index is 14.1. The summed E-state index contributed by atoms with van der Waals surface area (Å²) in [6, 6.07) is 12.8. The molecule has 0 aliphatic carbocycles. The van der Waals surface area contributed by atoms with E-state index in [-0.39, 0.29) is 24.0 Å². The van der Waals surface area contributed by atoms with E-state index in [1.54, 1.807) is 0 Å². The fraction of sp³-hybridized carbons (Fsp3) is 0.286. The molecule has 7 heteroatoms. The van der Waals surface area contributed by atoms with Gasteiger partial charge in [-0.15, -0.1) is 12.4 Å². The summed E-state index contributed by atoms with van der Waals surface area (Å²) < 4.78 is 20.4. The Morgan fingerprint density at radius 3 is 2.54 bits per heavy atom. The highest BCUT2D eigenvalue weighted by molar-refractivity contribution is 6.31. The van der Waals surface area contributed by atoms with Gasteiger partial charge < -0.3 is 9.84 Å². The normalized spacial score (nSPS) is 17.9. The second-order valence-corrected chi connectivity index (χ2v) is 7.43. The summed E-state index contributed by atoms with van der Waals surface area (Å²) in [4.78, 5) is 12.9. The van der Waals surface area contributed by atoms with Crippen molar-refractivity contribution in [2.24, 2.45) is 0 Å². The SMILES string of the molecule is Cl.O=C(O)CN1CCC2(C=C(c3ccccc3)c3cc(F)c(Cl)cc3O2)CC1. The molecule has 0 aromatic heterocycles. The molecule has 2 aromatic rings. The summed E-state index contributed by atoms with van der Waals surface area (Å²) in [6.45, 7) is 1.27. The first-order valence-corrected chi connectivity index (χ1v) is 9.24. The predicted molar refractivity (Wildman–Crippen MR) is 109 cm³/mol. The number of halogens is 3. The Labute approximate surface area is 174 Å². The molecule has 1 N–H and O–H groups in total. The molecule has 2 aliphatic rings. The van der Waals surface area contributed by atoms with Crippen molar-refractivity contribution in [1.82, 2.24) is 4.90 Å². The molecule has 0 bridgehead atoms. The van der Waals surface area contributed by atoms with Crippen molar-refractivity contribution in [3.63, 3.8) is 0 Å². The quantitative estimate of drug-likeness (QED) is 0.780. The number of carbonyl (C=O) groups is 1. The van der Waals surface area contributed by atoms with Gasteiger partial charge in [0.15, 0.2) is 0 Å². The molecule has 0 amide bonds. The lowest BCUT2D eigenvalue weighted by Gasteiger charge is -2.42. The lowest BCUT2D eigenvalue weighted by molar-refractivity contribution is -0.139. The van der Waals surface area contributed by atoms with Crippen LogP contribution in [0.1, 0.15) is 24.0 Å². The lowest BCUT2D eigenvalue weighted by atomic mass is 9.83. The summed E-state index contributed by atoms with van der Waals surface area (Å²) in [6.07, 6.45) is 3.38. The van der Waals surface area contributed by atoms with Gasteiger partial charge in [-0.05, 0) is 23.3 Å². The van der Waals surface area contributed by atoms with Crippen LogP contribution in [0.15, 0.2) is 48.5 Å². The van der Waals surface area contributed by atoms with E-state index in [9.17, 15) is 9.18 Å². The molecular weight excluding hydrogens is 404 g/mol. The molecule has 28 heavy (non-hydrogen) atoms. The van der Waals surface area contributed by atoms with Gasteiger partial charge >= 0.3 is 5.97 Å². The zero-order chi connectivity index (χ0) is 19.0. The Balaban J connectivity index is 0.00000225. The summed E-state index contributed by atoms with van der Waals surface area (Å²) in [5.41, 5.74) is 2.03. The summed E-state index contributed by atoms with van der Waals surface area (Å²) >= 11 is 6.00. The van der Waals surface area contributed by atoms with Gasteiger partial charge in [0.25, 0.3) is 0 Å². The molecule has 0 saturated carbocycles. The zero-order valence-electron chi connectivity index (χ0n) is 15.0. The molecule has 1 spiro atoms. The number of benzene rings is 2. The van der Waals surface area contributed by atoms with Crippen molar-refractivity contribution in [3.8, 4) is 5.75 Å².